The molecule has 0 rings (SSSR count). The van der Waals surface area contributed by atoms with Gasteiger partial charge < -0.3 is 15.6 Å². The first-order valence-electron chi connectivity index (χ1n) is 2.65. The molecule has 0 unspecified atom stereocenters. The van der Waals surface area contributed by atoms with Crippen LogP contribution in [0.15, 0.2) is 0 Å². The zero-order valence-electron chi connectivity index (χ0n) is 5.33. The van der Waals surface area contributed by atoms with Gasteiger partial charge in [-0.15, -0.1) is 0 Å². The Morgan fingerprint density at radius 1 is 1.89 bits per heavy atom. The van der Waals surface area contributed by atoms with E-state index >= 15 is 0 Å². The van der Waals surface area contributed by atoms with Crippen molar-refractivity contribution in [3.05, 3.63) is 0 Å². The van der Waals surface area contributed by atoms with E-state index in [9.17, 15) is 4.79 Å². The maximum Gasteiger partial charge on any atom is 0.320 e. The van der Waals surface area contributed by atoms with Crippen LogP contribution in [0.2, 0.25) is 0 Å². The number of hydrogen-bond acceptors (Lipinski definition) is 3. The minimum absolute atomic E-state index is 0.367. The number of aliphatic carboxylic acids is 1. The molecule has 0 aliphatic rings. The number of carbonyl (C=O) groups is 1. The van der Waals surface area contributed by atoms with E-state index in [1.54, 1.807) is 0 Å². The van der Waals surface area contributed by atoms with Gasteiger partial charge in [-0.1, -0.05) is 0 Å². The predicted octanol–water partition coefficient (Wildman–Crippen LogP) is -0.565. The smallest absolute Gasteiger partial charge is 0.320 e. The summed E-state index contributed by atoms with van der Waals surface area (Å²) >= 11 is 0. The van der Waals surface area contributed by atoms with Crippen LogP contribution < -0.4 is 5.73 Å². The molecule has 9 heavy (non-hydrogen) atoms. The minimum atomic E-state index is -0.980. The molecule has 4 heteroatoms. The second-order valence-electron chi connectivity index (χ2n) is 1.73. The van der Waals surface area contributed by atoms with Crippen LogP contribution in [0, 0.1) is 0 Å². The zero-order valence-corrected chi connectivity index (χ0v) is 5.33. The van der Waals surface area contributed by atoms with Gasteiger partial charge in [-0.25, -0.2) is 0 Å². The van der Waals surface area contributed by atoms with Crippen LogP contribution >= 0.6 is 0 Å². The van der Waals surface area contributed by atoms with E-state index in [0.29, 0.717) is 13.0 Å². The molecule has 4 nitrogen and oxygen atoms in total. The monoisotopic (exact) mass is 133 g/mol. The van der Waals surface area contributed by atoms with Gasteiger partial charge in [0.15, 0.2) is 0 Å². The molecule has 3 N–H and O–H groups in total. The largest absolute Gasteiger partial charge is 0.480 e. The molecule has 0 aromatic carbocycles. The van der Waals surface area contributed by atoms with E-state index in [-0.39, 0.29) is 0 Å². The minimum Gasteiger partial charge on any atom is -0.480 e. The van der Waals surface area contributed by atoms with E-state index in [0.717, 1.165) is 0 Å². The molecule has 1 atom stereocenters. The lowest BCUT2D eigenvalue weighted by Crippen LogP contribution is -2.31. The molecule has 0 aliphatic carbocycles. The Morgan fingerprint density at radius 2 is 2.44 bits per heavy atom. The van der Waals surface area contributed by atoms with Crippen molar-refractivity contribution in [2.24, 2.45) is 5.73 Å². The Labute approximate surface area is 53.6 Å². The van der Waals surface area contributed by atoms with Gasteiger partial charge in [0.1, 0.15) is 6.04 Å². The number of rotatable bonds is 4. The van der Waals surface area contributed by atoms with E-state index in [4.69, 9.17) is 10.8 Å². The summed E-state index contributed by atoms with van der Waals surface area (Å²) in [5.41, 5.74) is 5.12. The molecule has 0 heterocycles. The molecule has 0 radical (unpaired) electrons. The normalized spacial score (nSPS) is 13.1. The lowest BCUT2D eigenvalue weighted by atomic mass is 10.2. The highest BCUT2D eigenvalue weighted by atomic mass is 16.5. The number of methoxy groups -OCH3 is 1. The molecule has 0 amide bonds. The maximum atomic E-state index is 10.0. The Bertz CT molecular complexity index is 94.2. The maximum absolute atomic E-state index is 10.0. The third-order valence-electron chi connectivity index (χ3n) is 0.950. The second-order valence-corrected chi connectivity index (χ2v) is 1.73. The quantitative estimate of drug-likeness (QED) is 0.539. The average Bonchev–Trinajstić information content (AvgIpc) is 1.82. The first kappa shape index (κ1) is 8.39. The molecule has 0 aliphatic heterocycles. The average molecular weight is 133 g/mol. The fraction of sp³-hybridized carbons (Fsp3) is 0.800. The first-order chi connectivity index (χ1) is 4.18. The highest BCUT2D eigenvalue weighted by molar-refractivity contribution is 5.72. The van der Waals surface area contributed by atoms with Gasteiger partial charge in [-0.2, -0.15) is 0 Å². The van der Waals surface area contributed by atoms with Crippen LogP contribution in [0.1, 0.15) is 6.42 Å². The van der Waals surface area contributed by atoms with Gasteiger partial charge in [0, 0.05) is 13.7 Å². The SMILES string of the molecule is COCC[C@H](N)C(=O)O. The molecule has 0 spiro atoms. The summed E-state index contributed by atoms with van der Waals surface area (Å²) in [7, 11) is 1.51. The van der Waals surface area contributed by atoms with Gasteiger partial charge >= 0.3 is 5.97 Å². The molecular weight excluding hydrogens is 122 g/mol. The van der Waals surface area contributed by atoms with Gasteiger partial charge in [-0.3, -0.25) is 4.79 Å². The summed E-state index contributed by atoms with van der Waals surface area (Å²) in [6, 6.07) is -0.787. The number of hydrogen-bond donors (Lipinski definition) is 2. The lowest BCUT2D eigenvalue weighted by molar-refractivity contribution is -0.138. The van der Waals surface area contributed by atoms with Crippen molar-refractivity contribution in [2.75, 3.05) is 13.7 Å². The van der Waals surface area contributed by atoms with E-state index in [1.807, 2.05) is 0 Å². The molecule has 0 saturated carbocycles. The number of ether oxygens (including phenoxy) is 1. The van der Waals surface area contributed by atoms with Crippen LogP contribution in [0.3, 0.4) is 0 Å². The Morgan fingerprint density at radius 3 is 2.78 bits per heavy atom. The fourth-order valence-electron chi connectivity index (χ4n) is 0.368. The first-order valence-corrected chi connectivity index (χ1v) is 2.65. The van der Waals surface area contributed by atoms with Crippen molar-refractivity contribution in [1.82, 2.24) is 0 Å². The zero-order chi connectivity index (χ0) is 7.28. The highest BCUT2D eigenvalue weighted by Gasteiger charge is 2.09. The van der Waals surface area contributed by atoms with Gasteiger partial charge in [-0.05, 0) is 6.42 Å². The summed E-state index contributed by atoms with van der Waals surface area (Å²) in [5.74, 6) is -0.980. The van der Waals surface area contributed by atoms with Crippen LogP contribution in [-0.4, -0.2) is 30.8 Å². The molecule has 54 valence electrons. The summed E-state index contributed by atoms with van der Waals surface area (Å²) in [6.45, 7) is 0.396. The predicted molar refractivity (Wildman–Crippen MR) is 32.1 cm³/mol. The topological polar surface area (TPSA) is 72.5 Å². The Hall–Kier alpha value is -0.610. The lowest BCUT2D eigenvalue weighted by Gasteiger charge is -2.02. The van der Waals surface area contributed by atoms with Crippen molar-refractivity contribution in [3.63, 3.8) is 0 Å². The van der Waals surface area contributed by atoms with E-state index in [1.165, 1.54) is 7.11 Å². The number of nitrogens with two attached hydrogens (primary N) is 1. The van der Waals surface area contributed by atoms with Gasteiger partial charge in [0.25, 0.3) is 0 Å². The Kier molecular flexibility index (Phi) is 4.00. The highest BCUT2D eigenvalue weighted by Crippen LogP contribution is 1.86. The van der Waals surface area contributed by atoms with Gasteiger partial charge in [0.2, 0.25) is 0 Å². The molecule has 0 aromatic rings. The third-order valence-corrected chi connectivity index (χ3v) is 0.950. The summed E-state index contributed by atoms with van der Waals surface area (Å²) in [5, 5.41) is 8.23. The van der Waals surface area contributed by atoms with Crippen molar-refractivity contribution in [3.8, 4) is 0 Å². The molecule has 0 bridgehead atoms. The molecule has 0 fully saturated rings. The fourth-order valence-corrected chi connectivity index (χ4v) is 0.368. The number of carboxylic acids is 1. The Balaban J connectivity index is 3.27. The number of carboxylic acid groups (broad SMARTS) is 1. The summed E-state index contributed by atoms with van der Waals surface area (Å²) < 4.78 is 4.62. The summed E-state index contributed by atoms with van der Waals surface area (Å²) in [6.07, 6.45) is 0.367. The molecule has 0 aromatic heterocycles. The van der Waals surface area contributed by atoms with Gasteiger partial charge in [0.05, 0.1) is 0 Å². The van der Waals surface area contributed by atoms with Crippen molar-refractivity contribution < 1.29 is 14.6 Å². The van der Waals surface area contributed by atoms with Crippen molar-refractivity contribution >= 4 is 5.97 Å². The van der Waals surface area contributed by atoms with Crippen LogP contribution in [0.25, 0.3) is 0 Å². The van der Waals surface area contributed by atoms with E-state index in [2.05, 4.69) is 4.74 Å². The van der Waals surface area contributed by atoms with Crippen LogP contribution in [0.5, 0.6) is 0 Å². The molecular formula is C5H11NO3. The van der Waals surface area contributed by atoms with E-state index < -0.39 is 12.0 Å². The third kappa shape index (κ3) is 3.93. The second kappa shape index (κ2) is 4.29. The van der Waals surface area contributed by atoms with Crippen molar-refractivity contribution in [2.45, 2.75) is 12.5 Å². The van der Waals surface area contributed by atoms with Crippen LogP contribution in [-0.2, 0) is 9.53 Å². The van der Waals surface area contributed by atoms with Crippen LogP contribution in [0.4, 0.5) is 0 Å². The standard InChI is InChI=1S/C5H11NO3/c1-9-3-2-4(6)5(7)8/h4H,2-3,6H2,1H3,(H,7,8)/t4-/m0/s1. The van der Waals surface area contributed by atoms with Crippen molar-refractivity contribution in [1.29, 1.82) is 0 Å². The summed E-state index contributed by atoms with van der Waals surface area (Å²) in [4.78, 5) is 10.0. The molecule has 0 saturated heterocycles.